The molecule has 4 rings (SSSR count). The minimum absolute atomic E-state index is 0.0127. The molecular formula is C30H33Cl2N3O4. The number of carbonyl (C=O) groups is 2. The molecule has 206 valence electrons. The van der Waals surface area contributed by atoms with Crippen molar-refractivity contribution in [2.24, 2.45) is 5.92 Å². The molecule has 0 saturated carbocycles. The summed E-state index contributed by atoms with van der Waals surface area (Å²) in [6, 6.07) is 16.9. The summed E-state index contributed by atoms with van der Waals surface area (Å²) in [6.45, 7) is 6.41. The number of halogens is 2. The van der Waals surface area contributed by atoms with E-state index in [4.69, 9.17) is 32.4 Å². The van der Waals surface area contributed by atoms with Crippen LogP contribution in [0.25, 0.3) is 10.9 Å². The third-order valence-corrected chi connectivity index (χ3v) is 7.19. The van der Waals surface area contributed by atoms with Crippen LogP contribution in [0.4, 0.5) is 0 Å². The van der Waals surface area contributed by atoms with Gasteiger partial charge < -0.3 is 19.0 Å². The van der Waals surface area contributed by atoms with Crippen LogP contribution in [0, 0.1) is 5.92 Å². The van der Waals surface area contributed by atoms with Crippen LogP contribution in [-0.2, 0) is 29.0 Å². The van der Waals surface area contributed by atoms with E-state index in [1.807, 2.05) is 40.3 Å². The highest BCUT2D eigenvalue weighted by atomic mass is 35.5. The van der Waals surface area contributed by atoms with Gasteiger partial charge in [-0.1, -0.05) is 61.3 Å². The quantitative estimate of drug-likeness (QED) is 0.195. The van der Waals surface area contributed by atoms with Gasteiger partial charge in [0, 0.05) is 36.7 Å². The van der Waals surface area contributed by atoms with E-state index in [9.17, 15) is 9.59 Å². The lowest BCUT2D eigenvalue weighted by atomic mass is 10.1. The summed E-state index contributed by atoms with van der Waals surface area (Å²) in [4.78, 5) is 32.8. The summed E-state index contributed by atoms with van der Waals surface area (Å²) in [5, 5.41) is 2.09. The Hall–Kier alpha value is -3.26. The number of methoxy groups -OCH3 is 1. The summed E-state index contributed by atoms with van der Waals surface area (Å²) in [5.41, 5.74) is 3.13. The van der Waals surface area contributed by atoms with Crippen molar-refractivity contribution in [1.29, 1.82) is 0 Å². The average Bonchev–Trinajstić information content (AvgIpc) is 3.55. The van der Waals surface area contributed by atoms with Crippen molar-refractivity contribution >= 4 is 46.0 Å². The molecule has 0 atom stereocenters. The summed E-state index contributed by atoms with van der Waals surface area (Å²) in [7, 11) is 1.31. The van der Waals surface area contributed by atoms with Gasteiger partial charge in [-0.2, -0.15) is 0 Å². The Morgan fingerprint density at radius 1 is 1.03 bits per heavy atom. The molecule has 0 bridgehead atoms. The fraction of sp³-hybridized carbons (Fsp3) is 0.333. The number of amides is 1. The van der Waals surface area contributed by atoms with E-state index in [2.05, 4.69) is 24.9 Å². The Morgan fingerprint density at radius 3 is 2.56 bits per heavy atom. The van der Waals surface area contributed by atoms with Gasteiger partial charge in [0.05, 0.1) is 30.2 Å². The molecule has 0 aliphatic rings. The molecule has 0 aliphatic carbocycles. The third kappa shape index (κ3) is 7.66. The fourth-order valence-corrected chi connectivity index (χ4v) is 4.95. The summed E-state index contributed by atoms with van der Waals surface area (Å²) < 4.78 is 10.4. The Balaban J connectivity index is 1.52. The third-order valence-electron chi connectivity index (χ3n) is 6.45. The Morgan fingerprint density at radius 2 is 1.82 bits per heavy atom. The van der Waals surface area contributed by atoms with Gasteiger partial charge >= 0.3 is 5.97 Å². The van der Waals surface area contributed by atoms with E-state index < -0.39 is 5.97 Å². The zero-order chi connectivity index (χ0) is 27.9. The zero-order valence-electron chi connectivity index (χ0n) is 22.4. The van der Waals surface area contributed by atoms with Gasteiger partial charge in [-0.25, -0.2) is 4.79 Å². The summed E-state index contributed by atoms with van der Waals surface area (Å²) in [5.74, 6) is 0.517. The van der Waals surface area contributed by atoms with E-state index in [0.717, 1.165) is 22.0 Å². The van der Waals surface area contributed by atoms with Crippen LogP contribution in [-0.4, -0.2) is 53.4 Å². The number of nitrogens with one attached hydrogen (secondary N) is 1. The van der Waals surface area contributed by atoms with Gasteiger partial charge in [0.2, 0.25) is 11.7 Å². The molecule has 2 aromatic carbocycles. The van der Waals surface area contributed by atoms with Crippen LogP contribution in [0.5, 0.6) is 0 Å². The monoisotopic (exact) mass is 569 g/mol. The topological polar surface area (TPSA) is 78.8 Å². The first-order chi connectivity index (χ1) is 18.7. The number of ether oxygens (including phenoxy) is 1. The summed E-state index contributed by atoms with van der Waals surface area (Å²) >= 11 is 12.4. The smallest absolute Gasteiger partial charge is 0.373 e. The maximum Gasteiger partial charge on any atom is 0.373 e. The lowest BCUT2D eigenvalue weighted by Crippen LogP contribution is -2.41. The van der Waals surface area contributed by atoms with Crippen molar-refractivity contribution < 1.29 is 18.7 Å². The van der Waals surface area contributed by atoms with Gasteiger partial charge in [-0.15, -0.1) is 0 Å². The molecule has 0 unspecified atom stereocenters. The number of nitrogens with zero attached hydrogens (tertiary/aromatic N) is 2. The first-order valence-corrected chi connectivity index (χ1v) is 13.6. The largest absolute Gasteiger partial charge is 0.463 e. The number of aromatic nitrogens is 1. The number of benzene rings is 2. The van der Waals surface area contributed by atoms with Crippen LogP contribution in [0.15, 0.2) is 65.2 Å². The number of hydrogen-bond acceptors (Lipinski definition) is 5. The van der Waals surface area contributed by atoms with Gasteiger partial charge in [-0.05, 0) is 53.8 Å². The normalized spacial score (nSPS) is 11.5. The molecule has 39 heavy (non-hydrogen) atoms. The lowest BCUT2D eigenvalue weighted by molar-refractivity contribution is -0.133. The van der Waals surface area contributed by atoms with Gasteiger partial charge in [0.25, 0.3) is 0 Å². The van der Waals surface area contributed by atoms with Crippen molar-refractivity contribution in [1.82, 2.24) is 14.8 Å². The molecular weight excluding hydrogens is 537 g/mol. The number of esters is 1. The number of rotatable bonds is 12. The Kier molecular flexibility index (Phi) is 9.73. The number of fused-ring (bicyclic) bond motifs is 1. The molecule has 1 N–H and O–H groups in total. The predicted molar refractivity (Wildman–Crippen MR) is 154 cm³/mol. The molecule has 7 nitrogen and oxygen atoms in total. The molecule has 4 aromatic rings. The maximum absolute atomic E-state index is 13.8. The highest BCUT2D eigenvalue weighted by Crippen LogP contribution is 2.24. The number of hydrogen-bond donors (Lipinski definition) is 1. The number of H-pyrrole nitrogens is 1. The van der Waals surface area contributed by atoms with E-state index >= 15 is 0 Å². The molecule has 0 aliphatic heterocycles. The summed E-state index contributed by atoms with van der Waals surface area (Å²) in [6.07, 6.45) is 2.70. The van der Waals surface area contributed by atoms with Crippen LogP contribution in [0.2, 0.25) is 10.0 Å². The highest BCUT2D eigenvalue weighted by Gasteiger charge is 2.21. The van der Waals surface area contributed by atoms with E-state index in [0.29, 0.717) is 54.3 Å². The van der Waals surface area contributed by atoms with E-state index in [-0.39, 0.29) is 18.2 Å². The predicted octanol–water partition coefficient (Wildman–Crippen LogP) is 6.58. The SMILES string of the molecule is COC(=O)c1ccc(CN(CC(=O)N(CCc2c[nH]c3ccccc23)Cc2ccc(Cl)c(Cl)c2)CC(C)C)o1. The molecule has 0 saturated heterocycles. The van der Waals surface area contributed by atoms with Crippen molar-refractivity contribution in [3.63, 3.8) is 0 Å². The van der Waals surface area contributed by atoms with Crippen LogP contribution in [0.3, 0.4) is 0 Å². The van der Waals surface area contributed by atoms with E-state index in [1.165, 1.54) is 7.11 Å². The second-order valence-electron chi connectivity index (χ2n) is 9.99. The van der Waals surface area contributed by atoms with Gasteiger partial charge in [0.1, 0.15) is 5.76 Å². The molecule has 0 spiro atoms. The van der Waals surface area contributed by atoms with Crippen LogP contribution < -0.4 is 0 Å². The molecule has 1 amide bonds. The van der Waals surface area contributed by atoms with Crippen molar-refractivity contribution in [3.05, 3.63) is 93.5 Å². The minimum Gasteiger partial charge on any atom is -0.463 e. The Bertz CT molecular complexity index is 1430. The molecule has 9 heteroatoms. The zero-order valence-corrected chi connectivity index (χ0v) is 23.9. The van der Waals surface area contributed by atoms with Gasteiger partial charge in [0.15, 0.2) is 0 Å². The number of furan rings is 1. The van der Waals surface area contributed by atoms with Crippen molar-refractivity contribution in [3.8, 4) is 0 Å². The van der Waals surface area contributed by atoms with Crippen molar-refractivity contribution in [2.75, 3.05) is 26.7 Å². The fourth-order valence-electron chi connectivity index (χ4n) is 4.63. The molecule has 0 radical (unpaired) electrons. The molecule has 0 fully saturated rings. The molecule has 2 heterocycles. The highest BCUT2D eigenvalue weighted by molar-refractivity contribution is 6.42. The van der Waals surface area contributed by atoms with Crippen LogP contribution >= 0.6 is 23.2 Å². The van der Waals surface area contributed by atoms with Gasteiger partial charge in [-0.3, -0.25) is 9.69 Å². The standard InChI is InChI=1S/C30H33Cl2N3O4/c1-20(2)16-34(18-23-9-11-28(39-23)30(37)38-3)19-29(36)35(17-21-8-10-25(31)26(32)14-21)13-12-22-15-33-27-7-5-4-6-24(22)27/h4-11,14-15,20,33H,12-13,16-19H2,1-3H3. The number of aromatic amines is 1. The first-order valence-electron chi connectivity index (χ1n) is 12.9. The first kappa shape index (κ1) is 28.7. The van der Waals surface area contributed by atoms with E-state index in [1.54, 1.807) is 24.3 Å². The Labute approximate surface area is 238 Å². The number of carbonyl (C=O) groups excluding carboxylic acids is 2. The average molecular weight is 571 g/mol. The van der Waals surface area contributed by atoms with Crippen molar-refractivity contribution in [2.45, 2.75) is 33.4 Å². The molecule has 2 aromatic heterocycles. The minimum atomic E-state index is -0.530. The maximum atomic E-state index is 13.8. The van der Waals surface area contributed by atoms with Crippen LogP contribution in [0.1, 0.15) is 41.3 Å². The number of para-hydroxylation sites is 1. The lowest BCUT2D eigenvalue weighted by Gasteiger charge is -2.28. The second kappa shape index (κ2) is 13.2. The second-order valence-corrected chi connectivity index (χ2v) is 10.8.